The maximum atomic E-state index is 12.0. The van der Waals surface area contributed by atoms with Crippen molar-refractivity contribution in [1.82, 2.24) is 5.32 Å². The maximum Gasteiger partial charge on any atom is 0.255 e. The average molecular weight is 291 g/mol. The lowest BCUT2D eigenvalue weighted by Gasteiger charge is -2.26. The van der Waals surface area contributed by atoms with E-state index in [4.69, 9.17) is 4.74 Å². The van der Waals surface area contributed by atoms with E-state index in [-0.39, 0.29) is 11.7 Å². The summed E-state index contributed by atoms with van der Waals surface area (Å²) in [6.07, 6.45) is 6.17. The number of carbonyl (C=O) groups is 1. The summed E-state index contributed by atoms with van der Waals surface area (Å²) in [6, 6.07) is 4.72. The molecule has 1 saturated carbocycles. The van der Waals surface area contributed by atoms with Crippen molar-refractivity contribution in [1.29, 1.82) is 0 Å². The molecule has 0 saturated heterocycles. The molecule has 1 aromatic carbocycles. The Labute approximate surface area is 126 Å². The first-order chi connectivity index (χ1) is 10.1. The molecule has 0 bridgehead atoms. The molecule has 0 heterocycles. The normalized spacial score (nSPS) is 21.8. The summed E-state index contributed by atoms with van der Waals surface area (Å²) in [5.74, 6) is 1.86. The predicted octanol–water partition coefficient (Wildman–Crippen LogP) is 3.35. The van der Waals surface area contributed by atoms with Gasteiger partial charge in [0.2, 0.25) is 0 Å². The van der Waals surface area contributed by atoms with E-state index in [9.17, 15) is 9.90 Å². The number of rotatable bonds is 5. The number of amides is 1. The number of carbonyl (C=O) groups excluding carboxylic acids is 1. The highest BCUT2D eigenvalue weighted by Crippen LogP contribution is 2.30. The van der Waals surface area contributed by atoms with Gasteiger partial charge in [0.1, 0.15) is 11.5 Å². The van der Waals surface area contributed by atoms with E-state index < -0.39 is 0 Å². The van der Waals surface area contributed by atoms with Gasteiger partial charge < -0.3 is 15.2 Å². The number of hydrogen-bond acceptors (Lipinski definition) is 3. The minimum Gasteiger partial charge on any atom is -0.507 e. The largest absolute Gasteiger partial charge is 0.507 e. The fraction of sp³-hybridized carbons (Fsp3) is 0.588. The minimum atomic E-state index is -0.223. The number of ether oxygens (including phenoxy) is 1. The van der Waals surface area contributed by atoms with Crippen LogP contribution in [0, 0.1) is 11.8 Å². The third-order valence-electron chi connectivity index (χ3n) is 4.42. The molecule has 0 atom stereocenters. The van der Waals surface area contributed by atoms with Crippen LogP contribution in [-0.2, 0) is 0 Å². The summed E-state index contributed by atoms with van der Waals surface area (Å²) in [7, 11) is 1.53. The Kier molecular flexibility index (Phi) is 5.48. The Morgan fingerprint density at radius 1 is 1.33 bits per heavy atom. The van der Waals surface area contributed by atoms with Crippen molar-refractivity contribution in [2.45, 2.75) is 39.0 Å². The second-order valence-electron chi connectivity index (χ2n) is 6.05. The van der Waals surface area contributed by atoms with Gasteiger partial charge >= 0.3 is 0 Å². The van der Waals surface area contributed by atoms with Crippen molar-refractivity contribution in [3.8, 4) is 11.5 Å². The van der Waals surface area contributed by atoms with Gasteiger partial charge in [0.25, 0.3) is 5.91 Å². The molecule has 1 aliphatic rings. The molecule has 1 aromatic rings. The number of methoxy groups -OCH3 is 1. The molecule has 2 N–H and O–H groups in total. The zero-order valence-electron chi connectivity index (χ0n) is 12.9. The molecule has 1 fully saturated rings. The molecule has 0 unspecified atom stereocenters. The number of phenolic OH excluding ortho intramolecular Hbond substituents is 1. The van der Waals surface area contributed by atoms with Crippen molar-refractivity contribution in [2.24, 2.45) is 11.8 Å². The van der Waals surface area contributed by atoms with Gasteiger partial charge in [-0.3, -0.25) is 4.79 Å². The Hall–Kier alpha value is -1.71. The van der Waals surface area contributed by atoms with E-state index in [1.807, 2.05) is 0 Å². The van der Waals surface area contributed by atoms with Gasteiger partial charge in [0, 0.05) is 12.6 Å². The standard InChI is InChI=1S/C17H25NO3/c1-12-3-5-13(6-4-12)9-10-18-17(20)15-8-7-14(21-2)11-16(15)19/h7-8,11-13,19H,3-6,9-10H2,1-2H3,(H,18,20). The molecule has 0 aromatic heterocycles. The molecule has 1 amide bonds. The van der Waals surface area contributed by atoms with Crippen molar-refractivity contribution >= 4 is 5.91 Å². The first kappa shape index (κ1) is 15.7. The van der Waals surface area contributed by atoms with Gasteiger partial charge in [-0.05, 0) is 30.4 Å². The van der Waals surface area contributed by atoms with E-state index in [0.29, 0.717) is 17.9 Å². The molecular formula is C17H25NO3. The molecule has 116 valence electrons. The molecule has 1 aliphatic carbocycles. The number of benzene rings is 1. The highest BCUT2D eigenvalue weighted by atomic mass is 16.5. The summed E-state index contributed by atoms with van der Waals surface area (Å²) in [6.45, 7) is 2.98. The monoisotopic (exact) mass is 291 g/mol. The Morgan fingerprint density at radius 3 is 2.67 bits per heavy atom. The van der Waals surface area contributed by atoms with Crippen LogP contribution in [0.25, 0.3) is 0 Å². The van der Waals surface area contributed by atoms with Crippen molar-refractivity contribution < 1.29 is 14.6 Å². The highest BCUT2D eigenvalue weighted by Gasteiger charge is 2.18. The quantitative estimate of drug-likeness (QED) is 0.874. The van der Waals surface area contributed by atoms with Crippen LogP contribution in [0.3, 0.4) is 0 Å². The maximum absolute atomic E-state index is 12.0. The lowest BCUT2D eigenvalue weighted by atomic mass is 9.81. The smallest absolute Gasteiger partial charge is 0.255 e. The molecule has 4 heteroatoms. The molecule has 21 heavy (non-hydrogen) atoms. The van der Waals surface area contributed by atoms with Crippen LogP contribution < -0.4 is 10.1 Å². The zero-order chi connectivity index (χ0) is 15.2. The predicted molar refractivity (Wildman–Crippen MR) is 82.7 cm³/mol. The summed E-state index contributed by atoms with van der Waals surface area (Å²) in [5, 5.41) is 12.7. The Bertz CT molecular complexity index is 479. The first-order valence-electron chi connectivity index (χ1n) is 7.75. The number of nitrogens with one attached hydrogen (secondary N) is 1. The number of aromatic hydroxyl groups is 1. The van der Waals surface area contributed by atoms with Gasteiger partial charge in [-0.1, -0.05) is 32.6 Å². The highest BCUT2D eigenvalue weighted by molar-refractivity contribution is 5.96. The van der Waals surface area contributed by atoms with Gasteiger partial charge in [-0.2, -0.15) is 0 Å². The Morgan fingerprint density at radius 2 is 2.05 bits per heavy atom. The molecule has 0 spiro atoms. The van der Waals surface area contributed by atoms with Crippen LogP contribution in [0.2, 0.25) is 0 Å². The fourth-order valence-electron chi connectivity index (χ4n) is 2.93. The van der Waals surface area contributed by atoms with E-state index in [1.54, 1.807) is 12.1 Å². The number of hydrogen-bond donors (Lipinski definition) is 2. The van der Waals surface area contributed by atoms with E-state index >= 15 is 0 Å². The van der Waals surface area contributed by atoms with Gasteiger partial charge in [0.05, 0.1) is 12.7 Å². The van der Waals surface area contributed by atoms with Crippen LogP contribution in [0.4, 0.5) is 0 Å². The first-order valence-corrected chi connectivity index (χ1v) is 7.75. The zero-order valence-corrected chi connectivity index (χ0v) is 12.9. The lowest BCUT2D eigenvalue weighted by molar-refractivity contribution is 0.0947. The molecule has 2 rings (SSSR count). The Balaban J connectivity index is 1.79. The molecular weight excluding hydrogens is 266 g/mol. The molecule has 0 aliphatic heterocycles. The third kappa shape index (κ3) is 4.38. The average Bonchev–Trinajstić information content (AvgIpc) is 2.49. The number of phenols is 1. The van der Waals surface area contributed by atoms with E-state index in [0.717, 1.165) is 18.3 Å². The third-order valence-corrected chi connectivity index (χ3v) is 4.42. The van der Waals surface area contributed by atoms with Crippen LogP contribution in [0.5, 0.6) is 11.5 Å². The van der Waals surface area contributed by atoms with Gasteiger partial charge in [-0.25, -0.2) is 0 Å². The second kappa shape index (κ2) is 7.34. The van der Waals surface area contributed by atoms with Crippen molar-refractivity contribution in [3.63, 3.8) is 0 Å². The van der Waals surface area contributed by atoms with Crippen molar-refractivity contribution in [3.05, 3.63) is 23.8 Å². The van der Waals surface area contributed by atoms with Crippen molar-refractivity contribution in [2.75, 3.05) is 13.7 Å². The molecule has 0 radical (unpaired) electrons. The van der Waals surface area contributed by atoms with Gasteiger partial charge in [0.15, 0.2) is 0 Å². The van der Waals surface area contributed by atoms with E-state index in [2.05, 4.69) is 12.2 Å². The second-order valence-corrected chi connectivity index (χ2v) is 6.05. The van der Waals surface area contributed by atoms with Gasteiger partial charge in [-0.15, -0.1) is 0 Å². The van der Waals surface area contributed by atoms with Crippen LogP contribution in [0.15, 0.2) is 18.2 Å². The summed E-state index contributed by atoms with van der Waals surface area (Å²) in [4.78, 5) is 12.0. The van der Waals surface area contributed by atoms with Crippen LogP contribution >= 0.6 is 0 Å². The van der Waals surface area contributed by atoms with E-state index in [1.165, 1.54) is 38.9 Å². The summed E-state index contributed by atoms with van der Waals surface area (Å²) >= 11 is 0. The fourth-order valence-corrected chi connectivity index (χ4v) is 2.93. The summed E-state index contributed by atoms with van der Waals surface area (Å²) < 4.78 is 5.01. The summed E-state index contributed by atoms with van der Waals surface area (Å²) in [5.41, 5.74) is 0.299. The topological polar surface area (TPSA) is 58.6 Å². The van der Waals surface area contributed by atoms with Crippen LogP contribution in [-0.4, -0.2) is 24.7 Å². The van der Waals surface area contributed by atoms with Crippen LogP contribution in [0.1, 0.15) is 49.4 Å². The lowest BCUT2D eigenvalue weighted by Crippen LogP contribution is -2.27. The SMILES string of the molecule is COc1ccc(C(=O)NCCC2CCC(C)CC2)c(O)c1. The molecule has 4 nitrogen and oxygen atoms in total. The minimum absolute atomic E-state index is 0.0432.